The Morgan fingerprint density at radius 3 is 2.27 bits per heavy atom. The summed E-state index contributed by atoms with van der Waals surface area (Å²) in [5.41, 5.74) is 1.58. The zero-order valence-electron chi connectivity index (χ0n) is 25.6. The quantitative estimate of drug-likeness (QED) is 0.346. The summed E-state index contributed by atoms with van der Waals surface area (Å²) < 4.78 is 0. The number of fused-ring (bicyclic) bond motifs is 4. The maximum atomic E-state index is 13.5. The predicted molar refractivity (Wildman–Crippen MR) is 173 cm³/mol. The van der Waals surface area contributed by atoms with E-state index in [9.17, 15) is 19.2 Å². The topological polar surface area (TPSA) is 133 Å². The normalized spacial score (nSPS) is 19.1. The maximum Gasteiger partial charge on any atom is 0.271 e. The summed E-state index contributed by atoms with van der Waals surface area (Å²) >= 11 is 2.68. The molecule has 3 heterocycles. The summed E-state index contributed by atoms with van der Waals surface area (Å²) in [4.78, 5) is 63.2. The number of thiazole rings is 2. The summed E-state index contributed by atoms with van der Waals surface area (Å²) in [6, 6.07) is 9.01. The highest BCUT2D eigenvalue weighted by atomic mass is 32.1. The van der Waals surface area contributed by atoms with Gasteiger partial charge in [0.2, 0.25) is 11.8 Å². The van der Waals surface area contributed by atoms with Gasteiger partial charge in [-0.15, -0.1) is 22.7 Å². The van der Waals surface area contributed by atoms with Crippen molar-refractivity contribution < 1.29 is 19.2 Å². The van der Waals surface area contributed by atoms with Gasteiger partial charge in [-0.3, -0.25) is 19.2 Å². The molecule has 4 bridgehead atoms. The first-order valence-electron chi connectivity index (χ1n) is 15.3. The van der Waals surface area contributed by atoms with Crippen molar-refractivity contribution in [3.05, 3.63) is 68.1 Å². The van der Waals surface area contributed by atoms with Crippen molar-refractivity contribution in [2.45, 2.75) is 77.8 Å². The average Bonchev–Trinajstić information content (AvgIpc) is 3.69. The summed E-state index contributed by atoms with van der Waals surface area (Å²) in [6.45, 7) is 7.48. The fourth-order valence-corrected chi connectivity index (χ4v) is 6.78. The molecule has 10 nitrogen and oxygen atoms in total. The molecule has 44 heavy (non-hydrogen) atoms. The Morgan fingerprint density at radius 2 is 1.59 bits per heavy atom. The van der Waals surface area contributed by atoms with Crippen molar-refractivity contribution >= 4 is 46.3 Å². The van der Waals surface area contributed by atoms with Crippen LogP contribution in [0.2, 0.25) is 0 Å². The second-order valence-electron chi connectivity index (χ2n) is 11.5. The Hall–Kier alpha value is -3.64. The lowest BCUT2D eigenvalue weighted by atomic mass is 10.0. The molecule has 4 rings (SSSR count). The van der Waals surface area contributed by atoms with Crippen LogP contribution in [0.5, 0.6) is 0 Å². The van der Waals surface area contributed by atoms with E-state index in [1.54, 1.807) is 15.7 Å². The molecule has 4 amide bonds. The number of carbonyl (C=O) groups is 4. The number of carbonyl (C=O) groups excluding carboxylic acids is 4. The van der Waals surface area contributed by atoms with E-state index < -0.39 is 6.04 Å². The van der Waals surface area contributed by atoms with Crippen LogP contribution in [0, 0.1) is 5.92 Å². The van der Waals surface area contributed by atoms with E-state index in [2.05, 4.69) is 39.8 Å². The first-order valence-corrected chi connectivity index (χ1v) is 17.1. The molecule has 0 unspecified atom stereocenters. The molecule has 0 radical (unpaired) electrons. The van der Waals surface area contributed by atoms with Crippen LogP contribution in [-0.2, 0) is 16.0 Å². The van der Waals surface area contributed by atoms with Gasteiger partial charge in [-0.1, -0.05) is 51.1 Å². The summed E-state index contributed by atoms with van der Waals surface area (Å²) in [5.74, 6) is -0.404. The first-order chi connectivity index (χ1) is 21.2. The molecule has 1 aliphatic rings. The standard InChI is InChI=1S/C32H42N6O4S2/c1-4-10-28(40)38-15-8-13-27(39)34-23(17-21(2)3)31-37-26(20-44-31)30(42)35-24(18-22-11-6-5-7-12-22)32-36-25(19-43-32)29(41)33-14-9-16-38/h5-7,11-12,19-21,23-24H,4,8-10,13-18H2,1-3H3,(H,33,41)(H,34,39)(H,35,42)/t23-,24-/m0/s1. The van der Waals surface area contributed by atoms with E-state index in [1.807, 2.05) is 37.3 Å². The van der Waals surface area contributed by atoms with Gasteiger partial charge in [0.05, 0.1) is 12.1 Å². The van der Waals surface area contributed by atoms with E-state index in [0.717, 1.165) is 12.0 Å². The Kier molecular flexibility index (Phi) is 12.4. The number of nitrogens with one attached hydrogen (secondary N) is 3. The largest absolute Gasteiger partial charge is 0.351 e. The molecule has 3 aromatic rings. The second kappa shape index (κ2) is 16.4. The van der Waals surface area contributed by atoms with Gasteiger partial charge in [-0.25, -0.2) is 9.97 Å². The molecule has 1 aromatic carbocycles. The number of hydrogen-bond acceptors (Lipinski definition) is 8. The monoisotopic (exact) mass is 638 g/mol. The minimum atomic E-state index is -0.472. The fraction of sp³-hybridized carbons (Fsp3) is 0.500. The maximum absolute atomic E-state index is 13.5. The molecular formula is C32H42N6O4S2. The summed E-state index contributed by atoms with van der Waals surface area (Å²) in [5, 5.41) is 13.8. The van der Waals surface area contributed by atoms with Crippen LogP contribution in [0.4, 0.5) is 0 Å². The van der Waals surface area contributed by atoms with Gasteiger partial charge in [-0.05, 0) is 43.6 Å². The zero-order chi connectivity index (χ0) is 31.5. The molecular weight excluding hydrogens is 597 g/mol. The molecule has 1 aliphatic heterocycles. The molecule has 0 saturated carbocycles. The Bertz CT molecular complexity index is 1410. The minimum Gasteiger partial charge on any atom is -0.351 e. The van der Waals surface area contributed by atoms with E-state index in [4.69, 9.17) is 0 Å². The van der Waals surface area contributed by atoms with Crippen LogP contribution >= 0.6 is 22.7 Å². The summed E-state index contributed by atoms with van der Waals surface area (Å²) in [7, 11) is 0. The van der Waals surface area contributed by atoms with Crippen molar-refractivity contribution in [3.8, 4) is 0 Å². The highest BCUT2D eigenvalue weighted by molar-refractivity contribution is 7.10. The number of rotatable bonds is 6. The van der Waals surface area contributed by atoms with Crippen LogP contribution in [0.15, 0.2) is 41.1 Å². The average molecular weight is 639 g/mol. The molecule has 0 aliphatic carbocycles. The SMILES string of the molecule is CCCC(=O)N1CCCNC(=O)c2csc(n2)[C@H](Cc2ccccc2)NC(=O)c2csc(n2)[C@H](CC(C)C)NC(=O)CCC1. The van der Waals surface area contributed by atoms with Gasteiger partial charge in [0.25, 0.3) is 11.8 Å². The van der Waals surface area contributed by atoms with Crippen LogP contribution < -0.4 is 16.0 Å². The molecule has 2 atom stereocenters. The number of aromatic nitrogens is 2. The number of nitrogens with zero attached hydrogens (tertiary/aromatic N) is 3. The van der Waals surface area contributed by atoms with Crippen molar-refractivity contribution in [3.63, 3.8) is 0 Å². The lowest BCUT2D eigenvalue weighted by Crippen LogP contribution is -2.36. The third-order valence-corrected chi connectivity index (χ3v) is 9.19. The van der Waals surface area contributed by atoms with Crippen molar-refractivity contribution in [2.24, 2.45) is 5.92 Å². The van der Waals surface area contributed by atoms with Crippen LogP contribution in [-0.4, -0.2) is 58.1 Å². The number of amides is 4. The predicted octanol–water partition coefficient (Wildman–Crippen LogP) is 5.06. The zero-order valence-corrected chi connectivity index (χ0v) is 27.3. The Labute approximate surface area is 267 Å². The van der Waals surface area contributed by atoms with Crippen LogP contribution in [0.3, 0.4) is 0 Å². The lowest BCUT2D eigenvalue weighted by molar-refractivity contribution is -0.132. The number of benzene rings is 1. The summed E-state index contributed by atoms with van der Waals surface area (Å²) in [6.07, 6.45) is 3.74. The Morgan fingerprint density at radius 1 is 0.932 bits per heavy atom. The molecule has 12 heteroatoms. The molecule has 0 spiro atoms. The molecule has 2 aromatic heterocycles. The van der Waals surface area contributed by atoms with Gasteiger partial charge in [0.1, 0.15) is 21.4 Å². The smallest absolute Gasteiger partial charge is 0.271 e. The van der Waals surface area contributed by atoms with Gasteiger partial charge in [0.15, 0.2) is 0 Å². The minimum absolute atomic E-state index is 0.0522. The van der Waals surface area contributed by atoms with Crippen LogP contribution in [0.25, 0.3) is 0 Å². The van der Waals surface area contributed by atoms with E-state index in [-0.39, 0.29) is 41.8 Å². The third kappa shape index (κ3) is 9.68. The molecule has 0 saturated heterocycles. The Balaban J connectivity index is 1.61. The highest BCUT2D eigenvalue weighted by Gasteiger charge is 2.25. The third-order valence-electron chi connectivity index (χ3n) is 7.27. The lowest BCUT2D eigenvalue weighted by Gasteiger charge is -2.23. The van der Waals surface area contributed by atoms with E-state index in [0.29, 0.717) is 73.4 Å². The van der Waals surface area contributed by atoms with E-state index in [1.165, 1.54) is 22.7 Å². The van der Waals surface area contributed by atoms with Gasteiger partial charge >= 0.3 is 0 Å². The number of hydrogen-bond donors (Lipinski definition) is 3. The highest BCUT2D eigenvalue weighted by Crippen LogP contribution is 2.27. The van der Waals surface area contributed by atoms with Crippen molar-refractivity contribution in [1.29, 1.82) is 0 Å². The second-order valence-corrected chi connectivity index (χ2v) is 13.2. The van der Waals surface area contributed by atoms with Gasteiger partial charge < -0.3 is 20.9 Å². The molecule has 3 N–H and O–H groups in total. The first kappa shape index (κ1) is 33.3. The van der Waals surface area contributed by atoms with Crippen molar-refractivity contribution in [1.82, 2.24) is 30.8 Å². The van der Waals surface area contributed by atoms with Crippen LogP contribution in [0.1, 0.15) is 108 Å². The van der Waals surface area contributed by atoms with E-state index >= 15 is 0 Å². The fourth-order valence-electron chi connectivity index (χ4n) is 5.07. The molecule has 236 valence electrons. The molecule has 0 fully saturated rings. The van der Waals surface area contributed by atoms with Crippen molar-refractivity contribution in [2.75, 3.05) is 19.6 Å². The van der Waals surface area contributed by atoms with Gasteiger partial charge in [0, 0.05) is 43.2 Å². The van der Waals surface area contributed by atoms with Gasteiger partial charge in [-0.2, -0.15) is 0 Å².